The average Bonchev–Trinajstić information content (AvgIpc) is 3.84. The summed E-state index contributed by atoms with van der Waals surface area (Å²) in [5.74, 6) is 1.42. The predicted octanol–water partition coefficient (Wildman–Crippen LogP) is 13.1. The van der Waals surface area contributed by atoms with Gasteiger partial charge in [-0.15, -0.1) is 0 Å². The van der Waals surface area contributed by atoms with Crippen LogP contribution in [0.4, 0.5) is 0 Å². The first-order valence-electron chi connectivity index (χ1n) is 20.0. The molecule has 0 saturated carbocycles. The maximum atomic E-state index is 6.83. The fourth-order valence-electron chi connectivity index (χ4n) is 9.63. The molecule has 12 rings (SSSR count). The van der Waals surface area contributed by atoms with E-state index in [2.05, 4.69) is 146 Å². The largest absolute Gasteiger partial charge is 0.457 e. The minimum absolute atomic E-state index is 0.702. The molecule has 59 heavy (non-hydrogen) atoms. The highest BCUT2D eigenvalue weighted by Gasteiger charge is 2.24. The summed E-state index contributed by atoms with van der Waals surface area (Å²) in [7, 11) is 0. The number of rotatable bonds is 4. The van der Waals surface area contributed by atoms with Crippen LogP contribution in [0.3, 0.4) is 0 Å². The first kappa shape index (κ1) is 33.5. The van der Waals surface area contributed by atoms with Gasteiger partial charge in [-0.25, -0.2) is 15.0 Å². The highest BCUT2D eigenvalue weighted by Crippen LogP contribution is 2.47. The van der Waals surface area contributed by atoms with Gasteiger partial charge in [0.25, 0.3) is 0 Å². The van der Waals surface area contributed by atoms with Crippen molar-refractivity contribution in [1.29, 1.82) is 0 Å². The minimum Gasteiger partial charge on any atom is -0.457 e. The molecule has 12 aromatic rings. The summed E-state index contributed by atoms with van der Waals surface area (Å²) in [6.45, 7) is 8.90. The molecule has 0 unspecified atom stereocenters. The number of para-hydroxylation sites is 4. The SMILES string of the molecule is Cc1cccc(C)c1-c1ccc2c(c1-c1c(C)cccc1C)c1ccc(Oc3ccc4c(c3)c3nc5ccccc5n3c3nccnc43)cc1c1nc3ccccc3n21. The zero-order valence-electron chi connectivity index (χ0n) is 32.9. The third-order valence-electron chi connectivity index (χ3n) is 12.1. The maximum absolute atomic E-state index is 6.83. The molecule has 0 bridgehead atoms. The van der Waals surface area contributed by atoms with Crippen molar-refractivity contribution in [3.63, 3.8) is 0 Å². The van der Waals surface area contributed by atoms with Crippen molar-refractivity contribution in [3.8, 4) is 33.8 Å². The highest BCUT2D eigenvalue weighted by molar-refractivity contribution is 6.21. The predicted molar refractivity (Wildman–Crippen MR) is 241 cm³/mol. The van der Waals surface area contributed by atoms with Crippen LogP contribution in [0.15, 0.2) is 146 Å². The number of benzene rings is 7. The van der Waals surface area contributed by atoms with Crippen molar-refractivity contribution in [2.75, 3.05) is 0 Å². The third-order valence-corrected chi connectivity index (χ3v) is 12.1. The summed E-state index contributed by atoms with van der Waals surface area (Å²) >= 11 is 0. The van der Waals surface area contributed by atoms with Crippen molar-refractivity contribution in [2.24, 2.45) is 0 Å². The lowest BCUT2D eigenvalue weighted by Crippen LogP contribution is -2.00. The molecule has 0 spiro atoms. The van der Waals surface area contributed by atoms with Gasteiger partial charge in [-0.1, -0.05) is 66.7 Å². The number of pyridine rings is 2. The van der Waals surface area contributed by atoms with Gasteiger partial charge in [-0.05, 0) is 139 Å². The van der Waals surface area contributed by atoms with Crippen molar-refractivity contribution in [1.82, 2.24) is 28.7 Å². The van der Waals surface area contributed by atoms with E-state index in [0.717, 1.165) is 77.3 Å². The Balaban J connectivity index is 1.14. The van der Waals surface area contributed by atoms with Crippen LogP contribution in [0.5, 0.6) is 11.5 Å². The second-order valence-electron chi connectivity index (χ2n) is 15.7. The van der Waals surface area contributed by atoms with E-state index >= 15 is 0 Å². The van der Waals surface area contributed by atoms with Gasteiger partial charge in [0.05, 0.1) is 27.6 Å². The molecule has 5 aromatic heterocycles. The number of hydrogen-bond donors (Lipinski definition) is 0. The van der Waals surface area contributed by atoms with Crippen LogP contribution >= 0.6 is 0 Å². The fourth-order valence-corrected chi connectivity index (χ4v) is 9.63. The maximum Gasteiger partial charge on any atom is 0.165 e. The second-order valence-corrected chi connectivity index (χ2v) is 15.7. The number of ether oxygens (including phenoxy) is 1. The van der Waals surface area contributed by atoms with E-state index in [-0.39, 0.29) is 0 Å². The molecule has 7 heteroatoms. The zero-order chi connectivity index (χ0) is 39.5. The first-order valence-corrected chi connectivity index (χ1v) is 20.0. The van der Waals surface area contributed by atoms with E-state index in [0.29, 0.717) is 5.75 Å². The van der Waals surface area contributed by atoms with Crippen LogP contribution in [-0.2, 0) is 0 Å². The molecule has 0 fully saturated rings. The lowest BCUT2D eigenvalue weighted by atomic mass is 9.83. The van der Waals surface area contributed by atoms with Crippen LogP contribution < -0.4 is 4.74 Å². The van der Waals surface area contributed by atoms with E-state index < -0.39 is 0 Å². The third kappa shape index (κ3) is 4.82. The van der Waals surface area contributed by atoms with E-state index in [4.69, 9.17) is 24.7 Å². The molecule has 7 nitrogen and oxygen atoms in total. The quantitative estimate of drug-likeness (QED) is 0.167. The normalized spacial score (nSPS) is 12.1. The Labute approximate surface area is 338 Å². The summed E-state index contributed by atoms with van der Waals surface area (Å²) in [6, 6.07) is 47.0. The van der Waals surface area contributed by atoms with Crippen LogP contribution in [0, 0.1) is 27.7 Å². The molecular formula is C52H36N6O. The molecule has 0 atom stereocenters. The van der Waals surface area contributed by atoms with Crippen LogP contribution in [0.2, 0.25) is 0 Å². The Morgan fingerprint density at radius 2 is 0.983 bits per heavy atom. The molecule has 7 aromatic carbocycles. The molecule has 5 heterocycles. The summed E-state index contributed by atoms with van der Waals surface area (Å²) in [4.78, 5) is 19.9. The first-order chi connectivity index (χ1) is 28.9. The Hall–Kier alpha value is -7.64. The van der Waals surface area contributed by atoms with E-state index in [1.54, 1.807) is 12.4 Å². The Morgan fingerprint density at radius 1 is 0.424 bits per heavy atom. The van der Waals surface area contributed by atoms with Gasteiger partial charge in [0.15, 0.2) is 5.65 Å². The van der Waals surface area contributed by atoms with Crippen molar-refractivity contribution >= 4 is 77.0 Å². The van der Waals surface area contributed by atoms with E-state index in [1.165, 1.54) is 49.9 Å². The topological polar surface area (TPSA) is 69.6 Å². The summed E-state index contributed by atoms with van der Waals surface area (Å²) < 4.78 is 11.3. The molecule has 280 valence electrons. The number of hydrogen-bond acceptors (Lipinski definition) is 5. The molecule has 0 saturated heterocycles. The molecule has 0 aliphatic rings. The standard InChI is InChI=1S/C52H36N6O/c1-29-11-9-12-30(2)45(29)37-23-24-44-47(48(37)46-31(3)13-10-14-32(46)4)35-21-19-33(27-38(35)50-55-40-15-5-7-17-42(40)57(44)50)59-34-20-22-36-39(28-34)51-56-41-16-6-8-18-43(41)58(51)52-49(36)53-25-26-54-52/h5-28H,1-4H3. The molecule has 0 N–H and O–H groups in total. The van der Waals surface area contributed by atoms with Gasteiger partial charge >= 0.3 is 0 Å². The van der Waals surface area contributed by atoms with Crippen molar-refractivity contribution in [3.05, 3.63) is 168 Å². The highest BCUT2D eigenvalue weighted by atomic mass is 16.5. The molecule has 0 aliphatic carbocycles. The Bertz CT molecular complexity index is 3720. The Kier molecular flexibility index (Phi) is 7.06. The summed E-state index contributed by atoms with van der Waals surface area (Å²) in [5.41, 5.74) is 18.3. The van der Waals surface area contributed by atoms with Crippen LogP contribution in [-0.4, -0.2) is 28.7 Å². The molecule has 0 radical (unpaired) electrons. The van der Waals surface area contributed by atoms with Gasteiger partial charge in [-0.2, -0.15) is 0 Å². The lowest BCUT2D eigenvalue weighted by Gasteiger charge is -2.22. The smallest absolute Gasteiger partial charge is 0.165 e. The van der Waals surface area contributed by atoms with Gasteiger partial charge in [-0.3, -0.25) is 13.8 Å². The van der Waals surface area contributed by atoms with Crippen molar-refractivity contribution in [2.45, 2.75) is 27.7 Å². The molecular weight excluding hydrogens is 725 g/mol. The number of aryl methyl sites for hydroxylation is 4. The van der Waals surface area contributed by atoms with Crippen LogP contribution in [0.25, 0.3) is 99.2 Å². The monoisotopic (exact) mass is 760 g/mol. The Morgan fingerprint density at radius 3 is 1.66 bits per heavy atom. The summed E-state index contributed by atoms with van der Waals surface area (Å²) in [5, 5.41) is 5.24. The van der Waals surface area contributed by atoms with Crippen molar-refractivity contribution < 1.29 is 4.74 Å². The molecule has 0 amide bonds. The van der Waals surface area contributed by atoms with Gasteiger partial charge in [0, 0.05) is 39.5 Å². The number of aromatic nitrogens is 6. The van der Waals surface area contributed by atoms with Gasteiger partial charge in [0.2, 0.25) is 0 Å². The fraction of sp³-hybridized carbons (Fsp3) is 0.0769. The van der Waals surface area contributed by atoms with E-state index in [9.17, 15) is 0 Å². The molecule has 0 aliphatic heterocycles. The minimum atomic E-state index is 0.702. The average molecular weight is 761 g/mol. The van der Waals surface area contributed by atoms with Gasteiger partial charge in [0.1, 0.15) is 28.3 Å². The van der Waals surface area contributed by atoms with Crippen LogP contribution in [0.1, 0.15) is 22.3 Å². The second kappa shape index (κ2) is 12.4. The van der Waals surface area contributed by atoms with Gasteiger partial charge < -0.3 is 4.74 Å². The lowest BCUT2D eigenvalue weighted by molar-refractivity contribution is 0.484. The number of fused-ring (bicyclic) bond motifs is 16. The zero-order valence-corrected chi connectivity index (χ0v) is 32.9. The van der Waals surface area contributed by atoms with E-state index in [1.807, 2.05) is 24.3 Å². The summed E-state index contributed by atoms with van der Waals surface area (Å²) in [6.07, 6.45) is 3.48. The number of imidazole rings is 2. The number of nitrogens with zero attached hydrogens (tertiary/aromatic N) is 6.